The number of nitrogens with one attached hydrogen (secondary N) is 1. The van der Waals surface area contributed by atoms with Gasteiger partial charge in [-0.3, -0.25) is 14.7 Å². The molecule has 0 amide bonds. The van der Waals surface area contributed by atoms with E-state index in [9.17, 15) is 4.79 Å². The zero-order chi connectivity index (χ0) is 15.5. The van der Waals surface area contributed by atoms with Crippen LogP contribution in [0.5, 0.6) is 0 Å². The lowest BCUT2D eigenvalue weighted by Gasteiger charge is -2.18. The Hall–Kier alpha value is -2.01. The van der Waals surface area contributed by atoms with Crippen molar-refractivity contribution in [2.45, 2.75) is 39.2 Å². The molecule has 1 aliphatic heterocycles. The van der Waals surface area contributed by atoms with E-state index in [4.69, 9.17) is 0 Å². The van der Waals surface area contributed by atoms with Crippen molar-refractivity contribution in [3.63, 3.8) is 0 Å². The number of aromatic nitrogens is 3. The van der Waals surface area contributed by atoms with Gasteiger partial charge in [-0.1, -0.05) is 19.9 Å². The van der Waals surface area contributed by atoms with Crippen molar-refractivity contribution < 1.29 is 0 Å². The first kappa shape index (κ1) is 14.9. The molecule has 0 saturated carbocycles. The summed E-state index contributed by atoms with van der Waals surface area (Å²) in [6.45, 7) is 6.71. The van der Waals surface area contributed by atoms with E-state index in [0.717, 1.165) is 55.3 Å². The molecule has 0 fully saturated rings. The topological polar surface area (TPSA) is 61.9 Å². The highest BCUT2D eigenvalue weighted by Gasteiger charge is 2.19. The monoisotopic (exact) mass is 298 g/mol. The fourth-order valence-corrected chi connectivity index (χ4v) is 2.83. The highest BCUT2D eigenvalue weighted by molar-refractivity contribution is 5.21. The average Bonchev–Trinajstić information content (AvgIpc) is 2.71. The number of hydrogen-bond acceptors (Lipinski definition) is 4. The summed E-state index contributed by atoms with van der Waals surface area (Å²) in [4.78, 5) is 26.6. The third-order valence-corrected chi connectivity index (χ3v) is 4.12. The number of H-pyrrole nitrogens is 1. The van der Waals surface area contributed by atoms with Crippen molar-refractivity contribution in [1.29, 1.82) is 0 Å². The molecule has 0 aliphatic carbocycles. The lowest BCUT2D eigenvalue weighted by Crippen LogP contribution is -2.26. The van der Waals surface area contributed by atoms with Gasteiger partial charge in [-0.25, -0.2) is 4.98 Å². The summed E-state index contributed by atoms with van der Waals surface area (Å²) in [5.41, 5.74) is 2.93. The van der Waals surface area contributed by atoms with Crippen LogP contribution >= 0.6 is 0 Å². The van der Waals surface area contributed by atoms with E-state index < -0.39 is 0 Å². The third-order valence-electron chi connectivity index (χ3n) is 4.12. The lowest BCUT2D eigenvalue weighted by atomic mass is 10.1. The molecule has 5 heteroatoms. The van der Waals surface area contributed by atoms with Crippen LogP contribution in [-0.2, 0) is 19.4 Å². The molecule has 1 aliphatic rings. The Bertz CT molecular complexity index is 694. The molecule has 5 nitrogen and oxygen atoms in total. The zero-order valence-electron chi connectivity index (χ0n) is 13.2. The maximum Gasteiger partial charge on any atom is 0.254 e. The molecule has 1 N–H and O–H groups in total. The summed E-state index contributed by atoms with van der Waals surface area (Å²) in [7, 11) is 0. The summed E-state index contributed by atoms with van der Waals surface area (Å²) in [6.07, 6.45) is 3.40. The van der Waals surface area contributed by atoms with Gasteiger partial charge in [0.25, 0.3) is 5.56 Å². The SMILES string of the molecule is CC(C)c1nc2c(c(=O)[nH]1)CCN(Cc1ccccn1)CC2. The van der Waals surface area contributed by atoms with Gasteiger partial charge >= 0.3 is 0 Å². The molecule has 0 radical (unpaired) electrons. The number of rotatable bonds is 3. The minimum absolute atomic E-state index is 0.0355. The Labute approximate surface area is 130 Å². The maximum atomic E-state index is 12.3. The van der Waals surface area contributed by atoms with Gasteiger partial charge in [-0.05, 0) is 18.6 Å². The number of hydrogen-bond donors (Lipinski definition) is 1. The fraction of sp³-hybridized carbons (Fsp3) is 0.471. The van der Waals surface area contributed by atoms with Gasteiger partial charge in [0, 0.05) is 43.7 Å². The first-order valence-electron chi connectivity index (χ1n) is 7.87. The Kier molecular flexibility index (Phi) is 4.34. The third kappa shape index (κ3) is 3.25. The molecule has 22 heavy (non-hydrogen) atoms. The van der Waals surface area contributed by atoms with Crippen LogP contribution in [0.1, 0.15) is 42.5 Å². The van der Waals surface area contributed by atoms with Crippen LogP contribution < -0.4 is 5.56 Å². The van der Waals surface area contributed by atoms with Crippen LogP contribution in [0.4, 0.5) is 0 Å². The number of aromatic amines is 1. The highest BCUT2D eigenvalue weighted by Crippen LogP contribution is 2.15. The first-order chi connectivity index (χ1) is 10.6. The van der Waals surface area contributed by atoms with E-state index in [0.29, 0.717) is 0 Å². The summed E-state index contributed by atoms with van der Waals surface area (Å²) in [6, 6.07) is 5.98. The second kappa shape index (κ2) is 6.40. The summed E-state index contributed by atoms with van der Waals surface area (Å²) in [5.74, 6) is 1.04. The van der Waals surface area contributed by atoms with E-state index in [2.05, 4.69) is 33.7 Å². The molecule has 0 bridgehead atoms. The molecule has 2 aromatic rings. The predicted molar refractivity (Wildman–Crippen MR) is 85.9 cm³/mol. The van der Waals surface area contributed by atoms with Gasteiger partial charge in [-0.2, -0.15) is 0 Å². The first-order valence-corrected chi connectivity index (χ1v) is 7.87. The van der Waals surface area contributed by atoms with E-state index in [1.165, 1.54) is 0 Å². The molecule has 0 spiro atoms. The van der Waals surface area contributed by atoms with E-state index in [1.54, 1.807) is 0 Å². The van der Waals surface area contributed by atoms with Crippen molar-refractivity contribution in [3.05, 3.63) is 57.5 Å². The molecule has 3 rings (SSSR count). The highest BCUT2D eigenvalue weighted by atomic mass is 16.1. The quantitative estimate of drug-likeness (QED) is 0.940. The normalized spacial score (nSPS) is 15.6. The van der Waals surface area contributed by atoms with Crippen molar-refractivity contribution >= 4 is 0 Å². The Morgan fingerprint density at radius 3 is 2.82 bits per heavy atom. The average molecular weight is 298 g/mol. The lowest BCUT2D eigenvalue weighted by molar-refractivity contribution is 0.275. The van der Waals surface area contributed by atoms with Crippen molar-refractivity contribution in [2.24, 2.45) is 0 Å². The minimum atomic E-state index is 0.0355. The number of fused-ring (bicyclic) bond motifs is 1. The van der Waals surface area contributed by atoms with Gasteiger partial charge in [-0.15, -0.1) is 0 Å². The molecular formula is C17H22N4O. The standard InChI is InChI=1S/C17H22N4O/c1-12(2)16-19-15-7-10-21(9-6-14(15)17(22)20-16)11-13-5-3-4-8-18-13/h3-5,8,12H,6-7,9-11H2,1-2H3,(H,19,20,22). The van der Waals surface area contributed by atoms with Gasteiger partial charge < -0.3 is 4.98 Å². The molecular weight excluding hydrogens is 276 g/mol. The summed E-state index contributed by atoms with van der Waals surface area (Å²) >= 11 is 0. The van der Waals surface area contributed by atoms with Gasteiger partial charge in [0.05, 0.1) is 11.4 Å². The van der Waals surface area contributed by atoms with Gasteiger partial charge in [0.2, 0.25) is 0 Å². The predicted octanol–water partition coefficient (Wildman–Crippen LogP) is 1.89. The van der Waals surface area contributed by atoms with E-state index in [1.807, 2.05) is 24.4 Å². The molecule has 0 unspecified atom stereocenters. The van der Waals surface area contributed by atoms with Crippen molar-refractivity contribution in [2.75, 3.05) is 13.1 Å². The Morgan fingerprint density at radius 1 is 1.27 bits per heavy atom. The fourth-order valence-electron chi connectivity index (χ4n) is 2.83. The van der Waals surface area contributed by atoms with E-state index >= 15 is 0 Å². The summed E-state index contributed by atoms with van der Waals surface area (Å²) in [5, 5.41) is 0. The summed E-state index contributed by atoms with van der Waals surface area (Å²) < 4.78 is 0. The second-order valence-electron chi connectivity index (χ2n) is 6.13. The largest absolute Gasteiger partial charge is 0.310 e. The van der Waals surface area contributed by atoms with Crippen LogP contribution in [0.15, 0.2) is 29.2 Å². The van der Waals surface area contributed by atoms with Crippen LogP contribution in [0.3, 0.4) is 0 Å². The molecule has 0 saturated heterocycles. The van der Waals surface area contributed by atoms with Crippen LogP contribution in [-0.4, -0.2) is 32.9 Å². The van der Waals surface area contributed by atoms with Crippen LogP contribution in [0, 0.1) is 0 Å². The smallest absolute Gasteiger partial charge is 0.254 e. The minimum Gasteiger partial charge on any atom is -0.310 e. The molecule has 3 heterocycles. The van der Waals surface area contributed by atoms with Crippen LogP contribution in [0.2, 0.25) is 0 Å². The van der Waals surface area contributed by atoms with Crippen LogP contribution in [0.25, 0.3) is 0 Å². The molecule has 2 aromatic heterocycles. The molecule has 0 atom stereocenters. The maximum absolute atomic E-state index is 12.3. The Morgan fingerprint density at radius 2 is 2.09 bits per heavy atom. The van der Waals surface area contributed by atoms with Crippen molar-refractivity contribution in [1.82, 2.24) is 19.9 Å². The van der Waals surface area contributed by atoms with Gasteiger partial charge in [0.15, 0.2) is 0 Å². The van der Waals surface area contributed by atoms with Gasteiger partial charge in [0.1, 0.15) is 5.82 Å². The number of nitrogens with zero attached hydrogens (tertiary/aromatic N) is 3. The second-order valence-corrected chi connectivity index (χ2v) is 6.13. The zero-order valence-corrected chi connectivity index (χ0v) is 13.2. The Balaban J connectivity index is 1.78. The van der Waals surface area contributed by atoms with Crippen molar-refractivity contribution in [3.8, 4) is 0 Å². The molecule has 0 aromatic carbocycles. The molecule has 116 valence electrons. The van der Waals surface area contributed by atoms with E-state index in [-0.39, 0.29) is 11.5 Å². The number of pyridine rings is 1.